The van der Waals surface area contributed by atoms with Gasteiger partial charge in [-0.2, -0.15) is 0 Å². The fourth-order valence-corrected chi connectivity index (χ4v) is 2.45. The molecule has 20 heavy (non-hydrogen) atoms. The standard InChI is InChI=1S/C13H12IN5O/c1-3-20-8(2)10-12-11(9(14)6-16-12)18-13(17-10)19-5-4-15-7-19/h4-7,16H,2-3H2,1H3. The smallest absolute Gasteiger partial charge is 0.236 e. The fourth-order valence-electron chi connectivity index (χ4n) is 1.90. The third-order valence-corrected chi connectivity index (χ3v) is 3.61. The summed E-state index contributed by atoms with van der Waals surface area (Å²) >= 11 is 2.23. The van der Waals surface area contributed by atoms with Gasteiger partial charge in [-0.25, -0.2) is 15.0 Å². The number of hydrogen-bond acceptors (Lipinski definition) is 4. The van der Waals surface area contributed by atoms with Gasteiger partial charge in [-0.05, 0) is 29.5 Å². The number of aromatic amines is 1. The lowest BCUT2D eigenvalue weighted by atomic mass is 10.3. The Bertz CT molecular complexity index is 763. The minimum atomic E-state index is 0.527. The van der Waals surface area contributed by atoms with Crippen molar-refractivity contribution in [2.24, 2.45) is 0 Å². The average Bonchev–Trinajstić information content (AvgIpc) is 3.08. The molecule has 0 atom stereocenters. The van der Waals surface area contributed by atoms with E-state index in [1.807, 2.05) is 13.1 Å². The van der Waals surface area contributed by atoms with Crippen molar-refractivity contribution in [1.29, 1.82) is 0 Å². The highest BCUT2D eigenvalue weighted by atomic mass is 127. The first kappa shape index (κ1) is 13.1. The molecule has 0 saturated carbocycles. The number of nitrogens with zero attached hydrogens (tertiary/aromatic N) is 4. The van der Waals surface area contributed by atoms with Crippen molar-refractivity contribution in [3.05, 3.63) is 40.8 Å². The molecule has 0 spiro atoms. The maximum absolute atomic E-state index is 5.49. The highest BCUT2D eigenvalue weighted by Gasteiger charge is 2.15. The minimum Gasteiger partial charge on any atom is -0.492 e. The van der Waals surface area contributed by atoms with E-state index in [-0.39, 0.29) is 0 Å². The summed E-state index contributed by atoms with van der Waals surface area (Å²) in [6, 6.07) is 0. The number of hydrogen-bond donors (Lipinski definition) is 1. The van der Waals surface area contributed by atoms with Gasteiger partial charge in [-0.3, -0.25) is 4.57 Å². The van der Waals surface area contributed by atoms with Crippen LogP contribution in [0.5, 0.6) is 0 Å². The van der Waals surface area contributed by atoms with E-state index in [1.165, 1.54) is 0 Å². The Morgan fingerprint density at radius 1 is 1.50 bits per heavy atom. The van der Waals surface area contributed by atoms with E-state index < -0.39 is 0 Å². The molecule has 3 aromatic rings. The van der Waals surface area contributed by atoms with Crippen molar-refractivity contribution in [1.82, 2.24) is 24.5 Å². The van der Waals surface area contributed by atoms with E-state index in [9.17, 15) is 0 Å². The number of aromatic nitrogens is 5. The van der Waals surface area contributed by atoms with E-state index in [0.717, 1.165) is 14.6 Å². The molecule has 0 radical (unpaired) electrons. The fraction of sp³-hybridized carbons (Fsp3) is 0.154. The van der Waals surface area contributed by atoms with Gasteiger partial charge in [0.2, 0.25) is 5.95 Å². The SMILES string of the molecule is C=C(OCC)c1nc(-n2ccnc2)nc2c(I)c[nH]c12. The lowest BCUT2D eigenvalue weighted by molar-refractivity contribution is 0.298. The molecule has 0 unspecified atom stereocenters. The molecule has 6 nitrogen and oxygen atoms in total. The molecule has 1 N–H and O–H groups in total. The van der Waals surface area contributed by atoms with Crippen LogP contribution in [0.4, 0.5) is 0 Å². The minimum absolute atomic E-state index is 0.527. The molecule has 3 rings (SSSR count). The molecule has 3 heterocycles. The topological polar surface area (TPSA) is 68.6 Å². The molecule has 0 saturated heterocycles. The van der Waals surface area contributed by atoms with Crippen LogP contribution in [-0.4, -0.2) is 31.1 Å². The van der Waals surface area contributed by atoms with Crippen LogP contribution in [0.2, 0.25) is 0 Å². The quantitative estimate of drug-likeness (QED) is 0.558. The molecular weight excluding hydrogens is 369 g/mol. The lowest BCUT2D eigenvalue weighted by Gasteiger charge is -2.09. The molecular formula is C13H12IN5O. The molecule has 0 aliphatic rings. The van der Waals surface area contributed by atoms with Crippen LogP contribution in [-0.2, 0) is 4.74 Å². The van der Waals surface area contributed by atoms with Gasteiger partial charge in [0.1, 0.15) is 23.3 Å². The Hall–Kier alpha value is -1.90. The van der Waals surface area contributed by atoms with Crippen molar-refractivity contribution in [2.75, 3.05) is 6.61 Å². The second-order valence-electron chi connectivity index (χ2n) is 4.06. The molecule has 3 aromatic heterocycles. The van der Waals surface area contributed by atoms with Gasteiger partial charge in [0.15, 0.2) is 0 Å². The van der Waals surface area contributed by atoms with Crippen molar-refractivity contribution in [2.45, 2.75) is 6.92 Å². The number of halogens is 1. The predicted molar refractivity (Wildman–Crippen MR) is 84.4 cm³/mol. The van der Waals surface area contributed by atoms with Gasteiger partial charge in [0.05, 0.1) is 15.7 Å². The maximum Gasteiger partial charge on any atom is 0.236 e. The van der Waals surface area contributed by atoms with Gasteiger partial charge in [-0.15, -0.1) is 0 Å². The van der Waals surface area contributed by atoms with Gasteiger partial charge in [-0.1, -0.05) is 6.58 Å². The first-order valence-corrected chi connectivity index (χ1v) is 7.13. The summed E-state index contributed by atoms with van der Waals surface area (Å²) in [5.41, 5.74) is 2.35. The van der Waals surface area contributed by atoms with Crippen LogP contribution in [0.15, 0.2) is 31.5 Å². The van der Waals surface area contributed by atoms with Gasteiger partial charge in [0, 0.05) is 18.6 Å². The number of nitrogens with one attached hydrogen (secondary N) is 1. The van der Waals surface area contributed by atoms with Crippen LogP contribution in [0, 0.1) is 3.57 Å². The van der Waals surface area contributed by atoms with Crippen molar-refractivity contribution < 1.29 is 4.74 Å². The normalized spacial score (nSPS) is 10.9. The highest BCUT2D eigenvalue weighted by Crippen LogP contribution is 2.25. The number of fused-ring (bicyclic) bond motifs is 1. The van der Waals surface area contributed by atoms with Crippen molar-refractivity contribution >= 4 is 39.4 Å². The summed E-state index contributed by atoms with van der Waals surface area (Å²) < 4.78 is 8.26. The number of H-pyrrole nitrogens is 1. The van der Waals surface area contributed by atoms with Crippen LogP contribution in [0.3, 0.4) is 0 Å². The number of rotatable bonds is 4. The Morgan fingerprint density at radius 3 is 3.05 bits per heavy atom. The first-order chi connectivity index (χ1) is 9.70. The lowest BCUT2D eigenvalue weighted by Crippen LogP contribution is -2.04. The third-order valence-electron chi connectivity index (χ3n) is 2.78. The van der Waals surface area contributed by atoms with E-state index in [2.05, 4.69) is 49.1 Å². The van der Waals surface area contributed by atoms with Gasteiger partial charge >= 0.3 is 0 Å². The predicted octanol–water partition coefficient (Wildman–Crippen LogP) is 2.76. The zero-order chi connectivity index (χ0) is 14.1. The molecule has 0 aromatic carbocycles. The van der Waals surface area contributed by atoms with E-state index in [1.54, 1.807) is 23.3 Å². The molecule has 0 amide bonds. The molecule has 0 bridgehead atoms. The van der Waals surface area contributed by atoms with Crippen LogP contribution < -0.4 is 0 Å². The zero-order valence-corrected chi connectivity index (χ0v) is 13.0. The molecule has 0 aliphatic heterocycles. The Balaban J connectivity index is 2.24. The second-order valence-corrected chi connectivity index (χ2v) is 5.22. The van der Waals surface area contributed by atoms with E-state index in [4.69, 9.17) is 4.74 Å². The zero-order valence-electron chi connectivity index (χ0n) is 10.8. The Morgan fingerprint density at radius 2 is 2.35 bits per heavy atom. The van der Waals surface area contributed by atoms with E-state index >= 15 is 0 Å². The van der Waals surface area contributed by atoms with Crippen molar-refractivity contribution in [3.8, 4) is 5.95 Å². The monoisotopic (exact) mass is 381 g/mol. The summed E-state index contributed by atoms with van der Waals surface area (Å²) in [4.78, 5) is 16.3. The summed E-state index contributed by atoms with van der Waals surface area (Å²) in [6.45, 7) is 6.40. The number of ether oxygens (including phenoxy) is 1. The summed E-state index contributed by atoms with van der Waals surface area (Å²) in [5.74, 6) is 1.07. The molecule has 0 fully saturated rings. The summed E-state index contributed by atoms with van der Waals surface area (Å²) in [7, 11) is 0. The van der Waals surface area contributed by atoms with Gasteiger partial charge in [0.25, 0.3) is 0 Å². The van der Waals surface area contributed by atoms with Crippen molar-refractivity contribution in [3.63, 3.8) is 0 Å². The van der Waals surface area contributed by atoms with Crippen LogP contribution in [0.25, 0.3) is 22.7 Å². The molecule has 0 aliphatic carbocycles. The molecule has 7 heteroatoms. The Kier molecular flexibility index (Phi) is 3.43. The first-order valence-electron chi connectivity index (χ1n) is 6.05. The summed E-state index contributed by atoms with van der Waals surface area (Å²) in [5, 5.41) is 0. The Labute approximate surface area is 129 Å². The highest BCUT2D eigenvalue weighted by molar-refractivity contribution is 14.1. The second kappa shape index (κ2) is 5.23. The van der Waals surface area contributed by atoms with Crippen LogP contribution in [0.1, 0.15) is 12.6 Å². The molecule has 102 valence electrons. The maximum atomic E-state index is 5.49. The third kappa shape index (κ3) is 2.17. The largest absolute Gasteiger partial charge is 0.492 e. The van der Waals surface area contributed by atoms with Crippen LogP contribution >= 0.6 is 22.6 Å². The average molecular weight is 381 g/mol. The number of imidazole rings is 1. The van der Waals surface area contributed by atoms with Gasteiger partial charge < -0.3 is 9.72 Å². The summed E-state index contributed by atoms with van der Waals surface area (Å²) in [6.07, 6.45) is 7.04. The van der Waals surface area contributed by atoms with E-state index in [0.29, 0.717) is 24.0 Å².